The summed E-state index contributed by atoms with van der Waals surface area (Å²) in [6, 6.07) is 8.34. The average molecular weight is 394 g/mol. The number of benzene rings is 1. The molecule has 0 atom stereocenters. The number of aromatic nitrogens is 2. The number of nitrogens with zero attached hydrogens (tertiary/aromatic N) is 4. The Hall–Kier alpha value is -1.89. The predicted molar refractivity (Wildman–Crippen MR) is 98.9 cm³/mol. The lowest BCUT2D eigenvalue weighted by atomic mass is 10.2. The van der Waals surface area contributed by atoms with Crippen molar-refractivity contribution >= 4 is 21.9 Å². The summed E-state index contributed by atoms with van der Waals surface area (Å²) in [6.45, 7) is 6.26. The van der Waals surface area contributed by atoms with Crippen molar-refractivity contribution in [2.45, 2.75) is 33.2 Å². The van der Waals surface area contributed by atoms with Crippen molar-refractivity contribution in [3.63, 3.8) is 0 Å². The summed E-state index contributed by atoms with van der Waals surface area (Å²) in [4.78, 5) is 11.0. The highest BCUT2D eigenvalue weighted by Gasteiger charge is 2.07. The van der Waals surface area contributed by atoms with Crippen LogP contribution in [0.1, 0.15) is 30.6 Å². The van der Waals surface area contributed by atoms with Crippen LogP contribution in [0.2, 0.25) is 0 Å². The third-order valence-electron chi connectivity index (χ3n) is 3.41. The van der Waals surface area contributed by atoms with Crippen LogP contribution in [-0.2, 0) is 13.0 Å². The molecule has 130 valence electrons. The number of hydrogen-bond donors (Lipinski definition) is 1. The van der Waals surface area contributed by atoms with E-state index in [-0.39, 0.29) is 0 Å². The Morgan fingerprint density at radius 3 is 2.71 bits per heavy atom. The monoisotopic (exact) mass is 393 g/mol. The van der Waals surface area contributed by atoms with Gasteiger partial charge in [0.05, 0.1) is 0 Å². The number of halogens is 1. The molecule has 0 radical (unpaired) electrons. The van der Waals surface area contributed by atoms with Crippen LogP contribution in [0.15, 0.2) is 38.3 Å². The minimum atomic E-state index is 0.677. The smallest absolute Gasteiger partial charge is 0.226 e. The largest absolute Gasteiger partial charge is 0.357 e. The predicted octanol–water partition coefficient (Wildman–Crippen LogP) is 3.17. The maximum Gasteiger partial charge on any atom is 0.226 e. The molecule has 1 aromatic carbocycles. The molecule has 7 heteroatoms. The van der Waals surface area contributed by atoms with Crippen molar-refractivity contribution < 1.29 is 4.52 Å². The van der Waals surface area contributed by atoms with Gasteiger partial charge >= 0.3 is 0 Å². The summed E-state index contributed by atoms with van der Waals surface area (Å²) < 4.78 is 6.20. The van der Waals surface area contributed by atoms with E-state index >= 15 is 0 Å². The van der Waals surface area contributed by atoms with Gasteiger partial charge in [-0.3, -0.25) is 4.99 Å². The fraction of sp³-hybridized carbons (Fsp3) is 0.471. The van der Waals surface area contributed by atoms with Crippen LogP contribution in [0.4, 0.5) is 0 Å². The quantitative estimate of drug-likeness (QED) is 0.444. The van der Waals surface area contributed by atoms with Gasteiger partial charge in [0.25, 0.3) is 0 Å². The number of rotatable bonds is 7. The lowest BCUT2D eigenvalue weighted by molar-refractivity contribution is 0.372. The van der Waals surface area contributed by atoms with Crippen LogP contribution in [0, 0.1) is 6.92 Å². The first-order valence-corrected chi connectivity index (χ1v) is 8.91. The Kier molecular flexibility index (Phi) is 7.24. The second-order valence-electron chi connectivity index (χ2n) is 5.56. The molecule has 0 aliphatic heterocycles. The average Bonchev–Trinajstić information content (AvgIpc) is 2.98. The number of aryl methyl sites for hydroxylation is 2. The molecule has 0 aliphatic carbocycles. The summed E-state index contributed by atoms with van der Waals surface area (Å²) in [5.41, 5.74) is 1.24. The number of guanidine groups is 1. The highest BCUT2D eigenvalue weighted by Crippen LogP contribution is 2.12. The van der Waals surface area contributed by atoms with Crippen LogP contribution in [0.5, 0.6) is 0 Å². The molecule has 2 aromatic rings. The van der Waals surface area contributed by atoms with E-state index < -0.39 is 0 Å². The first-order chi connectivity index (χ1) is 11.6. The number of hydrogen-bond acceptors (Lipinski definition) is 4. The van der Waals surface area contributed by atoms with E-state index in [0.717, 1.165) is 36.4 Å². The van der Waals surface area contributed by atoms with Crippen LogP contribution < -0.4 is 5.32 Å². The molecule has 0 bridgehead atoms. The minimum Gasteiger partial charge on any atom is -0.357 e. The molecule has 0 spiro atoms. The van der Waals surface area contributed by atoms with E-state index in [1.54, 1.807) is 0 Å². The molecule has 0 aliphatic rings. The van der Waals surface area contributed by atoms with Gasteiger partial charge in [-0.1, -0.05) is 33.2 Å². The van der Waals surface area contributed by atoms with Gasteiger partial charge in [-0.15, -0.1) is 0 Å². The second-order valence-corrected chi connectivity index (χ2v) is 6.47. The van der Waals surface area contributed by atoms with E-state index in [1.165, 1.54) is 5.56 Å². The summed E-state index contributed by atoms with van der Waals surface area (Å²) in [6.07, 6.45) is 1.63. The minimum absolute atomic E-state index is 0.677. The third-order valence-corrected chi connectivity index (χ3v) is 3.94. The molecule has 0 unspecified atom stereocenters. The summed E-state index contributed by atoms with van der Waals surface area (Å²) in [7, 11) is 2.05. The van der Waals surface area contributed by atoms with Crippen molar-refractivity contribution in [3.8, 4) is 0 Å². The van der Waals surface area contributed by atoms with Gasteiger partial charge in [0.2, 0.25) is 5.89 Å². The fourth-order valence-electron chi connectivity index (χ4n) is 2.27. The first kappa shape index (κ1) is 18.4. The van der Waals surface area contributed by atoms with E-state index in [9.17, 15) is 0 Å². The molecule has 1 aromatic heterocycles. The van der Waals surface area contributed by atoms with E-state index in [0.29, 0.717) is 18.3 Å². The van der Waals surface area contributed by atoms with Crippen LogP contribution >= 0.6 is 15.9 Å². The molecule has 1 heterocycles. The lowest BCUT2D eigenvalue weighted by Crippen LogP contribution is -2.38. The van der Waals surface area contributed by atoms with Gasteiger partial charge in [0, 0.05) is 37.6 Å². The third kappa shape index (κ3) is 5.96. The molecular weight excluding hydrogens is 370 g/mol. The van der Waals surface area contributed by atoms with Crippen molar-refractivity contribution in [3.05, 3.63) is 46.0 Å². The maximum absolute atomic E-state index is 5.12. The zero-order valence-electron chi connectivity index (χ0n) is 14.4. The molecule has 0 saturated carbocycles. The Morgan fingerprint density at radius 1 is 1.33 bits per heavy atom. The SMILES string of the molecule is CCNC(=NCCCc1nc(C)no1)N(C)Cc1ccc(Br)cc1. The molecular formula is C17H24BrN5O. The Labute approximate surface area is 151 Å². The molecule has 0 saturated heterocycles. The van der Waals surface area contributed by atoms with Crippen molar-refractivity contribution in [2.24, 2.45) is 4.99 Å². The Bertz CT molecular complexity index is 653. The van der Waals surface area contributed by atoms with E-state index in [4.69, 9.17) is 4.52 Å². The Balaban J connectivity index is 1.87. The van der Waals surface area contributed by atoms with Gasteiger partial charge in [-0.25, -0.2) is 0 Å². The molecule has 24 heavy (non-hydrogen) atoms. The first-order valence-electron chi connectivity index (χ1n) is 8.11. The van der Waals surface area contributed by atoms with Crippen LogP contribution in [-0.4, -0.2) is 41.1 Å². The maximum atomic E-state index is 5.12. The highest BCUT2D eigenvalue weighted by atomic mass is 79.9. The zero-order valence-corrected chi connectivity index (χ0v) is 16.0. The Morgan fingerprint density at radius 2 is 2.08 bits per heavy atom. The van der Waals surface area contributed by atoms with Crippen molar-refractivity contribution in [2.75, 3.05) is 20.1 Å². The summed E-state index contributed by atoms with van der Waals surface area (Å²) in [5, 5.41) is 7.13. The topological polar surface area (TPSA) is 66.5 Å². The van der Waals surface area contributed by atoms with E-state index in [2.05, 4.69) is 72.5 Å². The van der Waals surface area contributed by atoms with Gasteiger partial charge in [-0.2, -0.15) is 4.98 Å². The molecule has 0 fully saturated rings. The normalized spacial score (nSPS) is 11.6. The van der Waals surface area contributed by atoms with E-state index in [1.807, 2.05) is 14.0 Å². The van der Waals surface area contributed by atoms with Gasteiger partial charge in [0.1, 0.15) is 0 Å². The molecule has 0 amide bonds. The standard InChI is InChI=1S/C17H24BrN5O/c1-4-19-17(20-11-5-6-16-21-13(2)22-24-16)23(3)12-14-7-9-15(18)10-8-14/h7-10H,4-6,11-12H2,1-3H3,(H,19,20). The summed E-state index contributed by atoms with van der Waals surface area (Å²) in [5.74, 6) is 2.26. The van der Waals surface area contributed by atoms with Crippen molar-refractivity contribution in [1.82, 2.24) is 20.4 Å². The number of aliphatic imine (C=N–C) groups is 1. The summed E-state index contributed by atoms with van der Waals surface area (Å²) >= 11 is 3.46. The molecule has 2 rings (SSSR count). The second kappa shape index (κ2) is 9.42. The van der Waals surface area contributed by atoms with Crippen LogP contribution in [0.3, 0.4) is 0 Å². The lowest BCUT2D eigenvalue weighted by Gasteiger charge is -2.22. The molecule has 6 nitrogen and oxygen atoms in total. The fourth-order valence-corrected chi connectivity index (χ4v) is 2.53. The van der Waals surface area contributed by atoms with Gasteiger partial charge in [-0.05, 0) is 38.0 Å². The molecule has 1 N–H and O–H groups in total. The zero-order chi connectivity index (χ0) is 17.4. The van der Waals surface area contributed by atoms with Crippen LogP contribution in [0.25, 0.3) is 0 Å². The van der Waals surface area contributed by atoms with Crippen molar-refractivity contribution in [1.29, 1.82) is 0 Å². The highest BCUT2D eigenvalue weighted by molar-refractivity contribution is 9.10. The van der Waals surface area contributed by atoms with Gasteiger partial charge < -0.3 is 14.7 Å². The van der Waals surface area contributed by atoms with Gasteiger partial charge in [0.15, 0.2) is 11.8 Å². The number of nitrogens with one attached hydrogen (secondary N) is 1.